The molecule has 0 atom stereocenters. The zero-order valence-corrected chi connectivity index (χ0v) is 19.0. The first-order valence-electron chi connectivity index (χ1n) is 11.2. The molecule has 1 N–H and O–H groups in total. The van der Waals surface area contributed by atoms with Gasteiger partial charge >= 0.3 is 0 Å². The van der Waals surface area contributed by atoms with Crippen molar-refractivity contribution < 1.29 is 18.6 Å². The summed E-state index contributed by atoms with van der Waals surface area (Å²) in [4.78, 5) is 1.22. The normalized spacial score (nSPS) is 11.9. The molecule has 0 amide bonds. The number of ether oxygens (including phenoxy) is 1. The van der Waals surface area contributed by atoms with E-state index >= 15 is 0 Å². The Morgan fingerprint density at radius 2 is 1.71 bits per heavy atom. The minimum Gasteiger partial charge on any atom is -0.494 e. The maximum Gasteiger partial charge on any atom is 0.248 e. The van der Waals surface area contributed by atoms with E-state index in [0.717, 1.165) is 16.5 Å². The number of benzene rings is 2. The van der Waals surface area contributed by atoms with Gasteiger partial charge in [-0.2, -0.15) is 0 Å². The number of rotatable bonds is 13. The van der Waals surface area contributed by atoms with E-state index in [-0.39, 0.29) is 38.9 Å². The number of fused-ring (bicyclic) bond motifs is 1. The number of hydrogen-bond acceptors (Lipinski definition) is 3. The highest BCUT2D eigenvalue weighted by molar-refractivity contribution is 7.22. The van der Waals surface area contributed by atoms with Crippen LogP contribution in [0.4, 0.5) is 8.78 Å². The largest absolute Gasteiger partial charge is 0.494 e. The van der Waals surface area contributed by atoms with Crippen LogP contribution in [-0.4, -0.2) is 24.2 Å². The summed E-state index contributed by atoms with van der Waals surface area (Å²) in [5, 5.41) is 9.87. The molecule has 0 aliphatic heterocycles. The van der Waals surface area contributed by atoms with Gasteiger partial charge in [0, 0.05) is 29.0 Å². The fourth-order valence-electron chi connectivity index (χ4n) is 3.64. The van der Waals surface area contributed by atoms with Crippen molar-refractivity contribution in [2.75, 3.05) is 13.2 Å². The number of alkyl halides is 2. The summed E-state index contributed by atoms with van der Waals surface area (Å²) in [5.74, 6) is -2.02. The molecule has 3 aromatic rings. The third kappa shape index (κ3) is 7.29. The van der Waals surface area contributed by atoms with Crippen LogP contribution in [-0.2, 0) is 6.42 Å². The third-order valence-electron chi connectivity index (χ3n) is 5.46. The van der Waals surface area contributed by atoms with E-state index in [0.29, 0.717) is 5.75 Å². The van der Waals surface area contributed by atoms with E-state index in [9.17, 15) is 8.78 Å². The predicted molar refractivity (Wildman–Crippen MR) is 126 cm³/mol. The predicted octanol–water partition coefficient (Wildman–Crippen LogP) is 7.87. The Bertz CT molecular complexity index is 934. The molecular formula is C26H32F2O2S. The average molecular weight is 447 g/mol. The molecule has 1 heterocycles. The van der Waals surface area contributed by atoms with Crippen molar-refractivity contribution in [1.29, 1.82) is 0 Å². The Morgan fingerprint density at radius 3 is 2.45 bits per heavy atom. The molecule has 2 aromatic carbocycles. The lowest BCUT2D eigenvalue weighted by atomic mass is 10.0. The van der Waals surface area contributed by atoms with Gasteiger partial charge in [0.1, 0.15) is 5.75 Å². The van der Waals surface area contributed by atoms with Gasteiger partial charge in [0.05, 0.1) is 6.61 Å². The number of aliphatic hydroxyl groups is 1. The molecule has 0 spiro atoms. The van der Waals surface area contributed by atoms with Crippen molar-refractivity contribution >= 4 is 21.4 Å². The summed E-state index contributed by atoms with van der Waals surface area (Å²) < 4.78 is 34.1. The van der Waals surface area contributed by atoms with Crippen LogP contribution in [0.3, 0.4) is 0 Å². The van der Waals surface area contributed by atoms with Crippen molar-refractivity contribution in [3.8, 4) is 16.2 Å². The van der Waals surface area contributed by atoms with Crippen molar-refractivity contribution in [3.63, 3.8) is 0 Å². The first-order chi connectivity index (χ1) is 15.0. The summed E-state index contributed by atoms with van der Waals surface area (Å²) in [6.07, 6.45) is 4.82. The standard InChI is InChI=1S/C26H32F2O2S/c1-2-3-4-7-20-8-10-21(11-9-20)24-18-22-12-13-23(19-25(22)31-24)30-17-6-15-26(27,28)14-5-16-29/h8-13,18-19,29H,2-7,14-17H2,1H3. The van der Waals surface area contributed by atoms with Gasteiger partial charge in [-0.15, -0.1) is 11.3 Å². The Labute approximate surface area is 187 Å². The molecule has 2 nitrogen and oxygen atoms in total. The van der Waals surface area contributed by atoms with Crippen LogP contribution >= 0.6 is 11.3 Å². The highest BCUT2D eigenvalue weighted by Gasteiger charge is 2.27. The molecule has 31 heavy (non-hydrogen) atoms. The summed E-state index contributed by atoms with van der Waals surface area (Å²) in [6, 6.07) is 16.9. The van der Waals surface area contributed by atoms with Crippen LogP contribution < -0.4 is 4.74 Å². The summed E-state index contributed by atoms with van der Waals surface area (Å²) in [6.45, 7) is 2.29. The molecule has 0 aliphatic carbocycles. The van der Waals surface area contributed by atoms with Crippen LogP contribution in [0.15, 0.2) is 48.5 Å². The summed E-state index contributed by atoms with van der Waals surface area (Å²) in [7, 11) is 0. The second kappa shape index (κ2) is 11.6. The van der Waals surface area contributed by atoms with Gasteiger partial charge in [0.2, 0.25) is 5.92 Å². The quantitative estimate of drug-likeness (QED) is 0.271. The fraction of sp³-hybridized carbons (Fsp3) is 0.462. The first kappa shape index (κ1) is 23.7. The van der Waals surface area contributed by atoms with E-state index in [2.05, 4.69) is 37.3 Å². The van der Waals surface area contributed by atoms with E-state index in [1.807, 2.05) is 18.2 Å². The average Bonchev–Trinajstić information content (AvgIpc) is 3.19. The Balaban J connectivity index is 1.56. The van der Waals surface area contributed by atoms with Crippen LogP contribution in [0.5, 0.6) is 5.75 Å². The molecule has 0 fully saturated rings. The van der Waals surface area contributed by atoms with E-state index in [1.165, 1.54) is 35.3 Å². The Morgan fingerprint density at radius 1 is 0.935 bits per heavy atom. The zero-order chi connectivity index (χ0) is 22.1. The van der Waals surface area contributed by atoms with Crippen LogP contribution in [0.1, 0.15) is 57.4 Å². The number of hydrogen-bond donors (Lipinski definition) is 1. The van der Waals surface area contributed by atoms with Crippen molar-refractivity contribution in [2.45, 2.75) is 64.2 Å². The van der Waals surface area contributed by atoms with Crippen LogP contribution in [0, 0.1) is 0 Å². The smallest absolute Gasteiger partial charge is 0.248 e. The monoisotopic (exact) mass is 446 g/mol. The minimum atomic E-state index is -2.73. The Hall–Kier alpha value is -1.98. The van der Waals surface area contributed by atoms with Gasteiger partial charge in [-0.3, -0.25) is 0 Å². The highest BCUT2D eigenvalue weighted by atomic mass is 32.1. The second-order valence-electron chi connectivity index (χ2n) is 8.10. The molecule has 0 radical (unpaired) electrons. The number of halogens is 2. The minimum absolute atomic E-state index is 0.132. The number of aryl methyl sites for hydroxylation is 1. The summed E-state index contributed by atoms with van der Waals surface area (Å²) >= 11 is 1.72. The van der Waals surface area contributed by atoms with Gasteiger partial charge in [0.15, 0.2) is 0 Å². The lowest BCUT2D eigenvalue weighted by Crippen LogP contribution is -2.17. The number of aliphatic hydroxyl groups excluding tert-OH is 1. The van der Waals surface area contributed by atoms with Gasteiger partial charge in [-0.25, -0.2) is 8.78 Å². The third-order valence-corrected chi connectivity index (χ3v) is 6.60. The van der Waals surface area contributed by atoms with Gasteiger partial charge in [0.25, 0.3) is 0 Å². The molecule has 0 unspecified atom stereocenters. The van der Waals surface area contributed by atoms with Crippen molar-refractivity contribution in [2.24, 2.45) is 0 Å². The molecule has 168 valence electrons. The lowest BCUT2D eigenvalue weighted by Gasteiger charge is -2.15. The van der Waals surface area contributed by atoms with Crippen LogP contribution in [0.2, 0.25) is 0 Å². The topological polar surface area (TPSA) is 29.5 Å². The first-order valence-corrected chi connectivity index (χ1v) is 12.1. The zero-order valence-electron chi connectivity index (χ0n) is 18.2. The highest BCUT2D eigenvalue weighted by Crippen LogP contribution is 2.35. The lowest BCUT2D eigenvalue weighted by molar-refractivity contribution is -0.0254. The molecule has 1 aromatic heterocycles. The van der Waals surface area contributed by atoms with Crippen LogP contribution in [0.25, 0.3) is 20.5 Å². The van der Waals surface area contributed by atoms with Gasteiger partial charge < -0.3 is 9.84 Å². The second-order valence-corrected chi connectivity index (χ2v) is 9.18. The van der Waals surface area contributed by atoms with Crippen molar-refractivity contribution in [3.05, 3.63) is 54.1 Å². The molecule has 0 saturated carbocycles. The SMILES string of the molecule is CCCCCc1ccc(-c2cc3ccc(OCCCC(F)(F)CCCO)cc3s2)cc1. The number of thiophene rings is 1. The molecule has 5 heteroatoms. The summed E-state index contributed by atoms with van der Waals surface area (Å²) in [5.41, 5.74) is 2.60. The fourth-order valence-corrected chi connectivity index (χ4v) is 4.74. The molecule has 0 aliphatic rings. The maximum absolute atomic E-state index is 13.6. The molecule has 3 rings (SSSR count). The number of unbranched alkanes of at least 4 members (excludes halogenated alkanes) is 2. The van der Waals surface area contributed by atoms with E-state index in [1.54, 1.807) is 11.3 Å². The Kier molecular flexibility index (Phi) is 8.85. The van der Waals surface area contributed by atoms with Crippen molar-refractivity contribution in [1.82, 2.24) is 0 Å². The van der Waals surface area contributed by atoms with Gasteiger partial charge in [-0.05, 0) is 66.5 Å². The molecular weight excluding hydrogens is 414 g/mol. The maximum atomic E-state index is 13.6. The molecule has 0 saturated heterocycles. The van der Waals surface area contributed by atoms with E-state index in [4.69, 9.17) is 9.84 Å². The molecule has 0 bridgehead atoms. The van der Waals surface area contributed by atoms with E-state index < -0.39 is 5.92 Å². The van der Waals surface area contributed by atoms with Gasteiger partial charge in [-0.1, -0.05) is 44.0 Å².